The molecule has 13 heavy (non-hydrogen) atoms. The quantitative estimate of drug-likeness (QED) is 0.722. The Morgan fingerprint density at radius 1 is 1.69 bits per heavy atom. The molecule has 1 aromatic heterocycles. The summed E-state index contributed by atoms with van der Waals surface area (Å²) in [4.78, 5) is 18.2. The number of H-pyrrole nitrogens is 1. The summed E-state index contributed by atoms with van der Waals surface area (Å²) in [6.45, 7) is 0.565. The number of imidazole rings is 1. The third-order valence-electron chi connectivity index (χ3n) is 2.48. The Bertz CT molecular complexity index is 277. The molecule has 1 aromatic rings. The van der Waals surface area contributed by atoms with Crippen molar-refractivity contribution >= 4 is 5.91 Å². The minimum absolute atomic E-state index is 0.181. The van der Waals surface area contributed by atoms with Gasteiger partial charge in [0.05, 0.1) is 18.6 Å². The highest BCUT2D eigenvalue weighted by atomic mass is 16.1. The van der Waals surface area contributed by atoms with Gasteiger partial charge in [-0.2, -0.15) is 0 Å². The number of carbonyl (C=O) groups is 1. The summed E-state index contributed by atoms with van der Waals surface area (Å²) in [7, 11) is 0. The first-order valence-corrected chi connectivity index (χ1v) is 4.61. The van der Waals surface area contributed by atoms with E-state index >= 15 is 0 Å². The van der Waals surface area contributed by atoms with Crippen molar-refractivity contribution in [2.24, 2.45) is 5.92 Å². The lowest BCUT2D eigenvalue weighted by Crippen LogP contribution is -2.34. The van der Waals surface area contributed by atoms with Gasteiger partial charge >= 0.3 is 0 Å². The zero-order chi connectivity index (χ0) is 9.10. The molecule has 1 fully saturated rings. The Morgan fingerprint density at radius 3 is 3.08 bits per heavy atom. The van der Waals surface area contributed by atoms with Crippen LogP contribution in [0, 0.1) is 5.92 Å². The lowest BCUT2D eigenvalue weighted by molar-refractivity contribution is -0.127. The number of nitrogens with one attached hydrogen (secondary N) is 2. The average Bonchev–Trinajstić information content (AvgIpc) is 2.49. The van der Waals surface area contributed by atoms with Crippen LogP contribution in [0.5, 0.6) is 0 Å². The second-order valence-corrected chi connectivity index (χ2v) is 3.42. The highest BCUT2D eigenvalue weighted by molar-refractivity contribution is 5.79. The SMILES string of the molecule is O=C(NCc1cnc[nH]1)C1CCC1. The summed E-state index contributed by atoms with van der Waals surface area (Å²) in [5, 5.41) is 2.88. The highest BCUT2D eigenvalue weighted by Gasteiger charge is 2.24. The fraction of sp³-hybridized carbons (Fsp3) is 0.556. The second-order valence-electron chi connectivity index (χ2n) is 3.42. The molecule has 1 heterocycles. The van der Waals surface area contributed by atoms with Crippen LogP contribution < -0.4 is 5.32 Å². The molecule has 2 N–H and O–H groups in total. The van der Waals surface area contributed by atoms with Crippen molar-refractivity contribution in [1.29, 1.82) is 0 Å². The number of aromatic amines is 1. The molecule has 1 amide bonds. The van der Waals surface area contributed by atoms with Gasteiger partial charge in [0.25, 0.3) is 0 Å². The average molecular weight is 179 g/mol. The smallest absolute Gasteiger partial charge is 0.223 e. The van der Waals surface area contributed by atoms with Crippen molar-refractivity contribution in [2.45, 2.75) is 25.8 Å². The molecule has 4 heteroatoms. The van der Waals surface area contributed by atoms with E-state index in [2.05, 4.69) is 15.3 Å². The van der Waals surface area contributed by atoms with Crippen LogP contribution >= 0.6 is 0 Å². The molecule has 0 unspecified atom stereocenters. The summed E-state index contributed by atoms with van der Waals surface area (Å²) in [5.74, 6) is 0.448. The van der Waals surface area contributed by atoms with Crippen molar-refractivity contribution in [2.75, 3.05) is 0 Å². The van der Waals surface area contributed by atoms with Crippen LogP contribution in [0.15, 0.2) is 12.5 Å². The zero-order valence-electron chi connectivity index (χ0n) is 7.42. The van der Waals surface area contributed by atoms with E-state index in [0.717, 1.165) is 18.5 Å². The fourth-order valence-electron chi connectivity index (χ4n) is 1.38. The summed E-state index contributed by atoms with van der Waals surface area (Å²) < 4.78 is 0. The van der Waals surface area contributed by atoms with Gasteiger partial charge in [-0.25, -0.2) is 4.98 Å². The molecule has 1 saturated carbocycles. The number of hydrogen-bond donors (Lipinski definition) is 2. The van der Waals surface area contributed by atoms with Gasteiger partial charge < -0.3 is 10.3 Å². The lowest BCUT2D eigenvalue weighted by atomic mass is 9.85. The van der Waals surface area contributed by atoms with E-state index in [0.29, 0.717) is 6.54 Å². The number of carbonyl (C=O) groups excluding carboxylic acids is 1. The van der Waals surface area contributed by atoms with Crippen LogP contribution in [0.2, 0.25) is 0 Å². The Labute approximate surface area is 76.8 Å². The van der Waals surface area contributed by atoms with E-state index < -0.39 is 0 Å². The monoisotopic (exact) mass is 179 g/mol. The van der Waals surface area contributed by atoms with E-state index in [9.17, 15) is 4.79 Å². The maximum Gasteiger partial charge on any atom is 0.223 e. The predicted octanol–water partition coefficient (Wildman–Crippen LogP) is 0.826. The summed E-state index contributed by atoms with van der Waals surface area (Å²) >= 11 is 0. The molecule has 0 atom stereocenters. The van der Waals surface area contributed by atoms with Crippen LogP contribution in [-0.2, 0) is 11.3 Å². The molecule has 70 valence electrons. The molecule has 0 bridgehead atoms. The van der Waals surface area contributed by atoms with Crippen LogP contribution in [0.3, 0.4) is 0 Å². The van der Waals surface area contributed by atoms with E-state index in [1.165, 1.54) is 6.42 Å². The number of aromatic nitrogens is 2. The van der Waals surface area contributed by atoms with Gasteiger partial charge in [-0.05, 0) is 12.8 Å². The Balaban J connectivity index is 1.76. The van der Waals surface area contributed by atoms with Crippen molar-refractivity contribution < 1.29 is 4.79 Å². The van der Waals surface area contributed by atoms with Gasteiger partial charge in [0.15, 0.2) is 0 Å². The third kappa shape index (κ3) is 1.88. The molecule has 2 rings (SSSR count). The fourth-order valence-corrected chi connectivity index (χ4v) is 1.38. The maximum atomic E-state index is 11.4. The molecule has 0 radical (unpaired) electrons. The molecule has 4 nitrogen and oxygen atoms in total. The van der Waals surface area contributed by atoms with Gasteiger partial charge in [0.2, 0.25) is 5.91 Å². The lowest BCUT2D eigenvalue weighted by Gasteiger charge is -2.23. The molecule has 1 aliphatic carbocycles. The van der Waals surface area contributed by atoms with Crippen molar-refractivity contribution in [3.63, 3.8) is 0 Å². The van der Waals surface area contributed by atoms with Crippen LogP contribution in [-0.4, -0.2) is 15.9 Å². The molecular formula is C9H13N3O. The van der Waals surface area contributed by atoms with Crippen LogP contribution in [0.25, 0.3) is 0 Å². The third-order valence-corrected chi connectivity index (χ3v) is 2.48. The van der Waals surface area contributed by atoms with Gasteiger partial charge in [-0.15, -0.1) is 0 Å². The summed E-state index contributed by atoms with van der Waals surface area (Å²) in [5.41, 5.74) is 0.952. The summed E-state index contributed by atoms with van der Waals surface area (Å²) in [6, 6.07) is 0. The highest BCUT2D eigenvalue weighted by Crippen LogP contribution is 2.26. The topological polar surface area (TPSA) is 57.8 Å². The Hall–Kier alpha value is -1.32. The van der Waals surface area contributed by atoms with E-state index in [4.69, 9.17) is 0 Å². The first-order chi connectivity index (χ1) is 6.36. The molecule has 0 aliphatic heterocycles. The van der Waals surface area contributed by atoms with Crippen molar-refractivity contribution in [3.8, 4) is 0 Å². The van der Waals surface area contributed by atoms with Gasteiger partial charge in [-0.1, -0.05) is 6.42 Å². The normalized spacial score (nSPS) is 16.6. The molecular weight excluding hydrogens is 166 g/mol. The number of amides is 1. The molecule has 0 spiro atoms. The predicted molar refractivity (Wildman–Crippen MR) is 47.8 cm³/mol. The first kappa shape index (κ1) is 8.29. The van der Waals surface area contributed by atoms with E-state index in [1.807, 2.05) is 0 Å². The maximum absolute atomic E-state index is 11.4. The van der Waals surface area contributed by atoms with E-state index in [-0.39, 0.29) is 11.8 Å². The Kier molecular flexibility index (Phi) is 2.29. The zero-order valence-corrected chi connectivity index (χ0v) is 7.42. The van der Waals surface area contributed by atoms with Gasteiger partial charge in [0, 0.05) is 12.1 Å². The number of rotatable bonds is 3. The second kappa shape index (κ2) is 3.60. The molecule has 0 saturated heterocycles. The summed E-state index contributed by atoms with van der Waals surface area (Å²) in [6.07, 6.45) is 6.64. The largest absolute Gasteiger partial charge is 0.350 e. The van der Waals surface area contributed by atoms with Crippen LogP contribution in [0.1, 0.15) is 25.0 Å². The van der Waals surface area contributed by atoms with E-state index in [1.54, 1.807) is 12.5 Å². The molecule has 1 aliphatic rings. The molecule has 0 aromatic carbocycles. The van der Waals surface area contributed by atoms with Crippen molar-refractivity contribution in [3.05, 3.63) is 18.2 Å². The minimum atomic E-state index is 0.181. The number of hydrogen-bond acceptors (Lipinski definition) is 2. The van der Waals surface area contributed by atoms with Gasteiger partial charge in [0.1, 0.15) is 0 Å². The Morgan fingerprint density at radius 2 is 2.54 bits per heavy atom. The number of nitrogens with zero attached hydrogens (tertiary/aromatic N) is 1. The minimum Gasteiger partial charge on any atom is -0.350 e. The van der Waals surface area contributed by atoms with Gasteiger partial charge in [-0.3, -0.25) is 4.79 Å². The van der Waals surface area contributed by atoms with Crippen LogP contribution in [0.4, 0.5) is 0 Å². The van der Waals surface area contributed by atoms with Crippen molar-refractivity contribution in [1.82, 2.24) is 15.3 Å². The standard InChI is InChI=1S/C9H13N3O/c13-9(7-2-1-3-7)11-5-8-4-10-6-12-8/h4,6-7H,1-3,5H2,(H,10,12)(H,11,13). The first-order valence-electron chi connectivity index (χ1n) is 4.61.